The van der Waals surface area contributed by atoms with Crippen LogP contribution in [0.4, 0.5) is 5.69 Å². The Bertz CT molecular complexity index is 654. The summed E-state index contributed by atoms with van der Waals surface area (Å²) in [6.07, 6.45) is 1.75. The van der Waals surface area contributed by atoms with Gasteiger partial charge in [-0.3, -0.25) is 14.5 Å². The Kier molecular flexibility index (Phi) is 7.53. The van der Waals surface area contributed by atoms with Crippen LogP contribution in [0.15, 0.2) is 12.1 Å². The fraction of sp³-hybridized carbons (Fsp3) is 0.556. The summed E-state index contributed by atoms with van der Waals surface area (Å²) in [4.78, 5) is 26.5. The van der Waals surface area contributed by atoms with Crippen molar-refractivity contribution in [3.63, 3.8) is 0 Å². The Hall–Kier alpha value is -1.99. The second-order valence-corrected chi connectivity index (χ2v) is 6.61. The molecule has 1 aromatic carbocycles. The molecule has 26 heavy (non-hydrogen) atoms. The molecule has 2 N–H and O–H groups in total. The summed E-state index contributed by atoms with van der Waals surface area (Å²) in [7, 11) is 3.02. The molecule has 2 amide bonds. The van der Waals surface area contributed by atoms with Gasteiger partial charge in [-0.05, 0) is 26.3 Å². The van der Waals surface area contributed by atoms with Crippen LogP contribution >= 0.6 is 11.6 Å². The maximum Gasteiger partial charge on any atom is 0.238 e. The first-order chi connectivity index (χ1) is 12.5. The van der Waals surface area contributed by atoms with Gasteiger partial charge in [-0.2, -0.15) is 0 Å². The first kappa shape index (κ1) is 20.3. The third-order valence-corrected chi connectivity index (χ3v) is 4.64. The molecule has 1 fully saturated rings. The zero-order valence-electron chi connectivity index (χ0n) is 15.4. The molecule has 0 aliphatic carbocycles. The fourth-order valence-corrected chi connectivity index (χ4v) is 3.31. The Morgan fingerprint density at radius 1 is 1.27 bits per heavy atom. The molecule has 1 aliphatic heterocycles. The van der Waals surface area contributed by atoms with Crippen LogP contribution in [0.1, 0.15) is 19.8 Å². The molecule has 2 rings (SSSR count). The van der Waals surface area contributed by atoms with Crippen molar-refractivity contribution in [2.45, 2.75) is 19.8 Å². The highest BCUT2D eigenvalue weighted by molar-refractivity contribution is 6.32. The third-order valence-electron chi connectivity index (χ3n) is 4.34. The van der Waals surface area contributed by atoms with Gasteiger partial charge in [0.15, 0.2) is 0 Å². The Morgan fingerprint density at radius 2 is 2.00 bits per heavy atom. The van der Waals surface area contributed by atoms with Gasteiger partial charge < -0.3 is 20.1 Å². The number of carbonyl (C=O) groups excluding carboxylic acids is 2. The van der Waals surface area contributed by atoms with E-state index in [0.717, 1.165) is 19.4 Å². The van der Waals surface area contributed by atoms with Crippen molar-refractivity contribution in [1.29, 1.82) is 0 Å². The molecule has 1 unspecified atom stereocenters. The number of halogens is 1. The van der Waals surface area contributed by atoms with Crippen molar-refractivity contribution < 1.29 is 19.1 Å². The van der Waals surface area contributed by atoms with Gasteiger partial charge in [-0.15, -0.1) is 0 Å². The highest BCUT2D eigenvalue weighted by Gasteiger charge is 2.26. The summed E-state index contributed by atoms with van der Waals surface area (Å²) in [5.41, 5.74) is 0.496. The number of hydrogen-bond donors (Lipinski definition) is 2. The number of benzene rings is 1. The average Bonchev–Trinajstić information content (AvgIpc) is 2.63. The molecule has 0 radical (unpaired) electrons. The van der Waals surface area contributed by atoms with Crippen molar-refractivity contribution in [3.05, 3.63) is 17.2 Å². The number of nitrogens with one attached hydrogen (secondary N) is 2. The molecule has 7 nitrogen and oxygen atoms in total. The van der Waals surface area contributed by atoms with Gasteiger partial charge in [0.1, 0.15) is 11.5 Å². The van der Waals surface area contributed by atoms with Crippen LogP contribution in [-0.4, -0.2) is 57.1 Å². The van der Waals surface area contributed by atoms with Gasteiger partial charge in [-0.25, -0.2) is 0 Å². The number of anilines is 1. The molecule has 1 aliphatic rings. The van der Waals surface area contributed by atoms with Crippen LogP contribution in [0, 0.1) is 5.92 Å². The minimum absolute atomic E-state index is 0.0571. The molecule has 0 aromatic heterocycles. The third kappa shape index (κ3) is 5.25. The van der Waals surface area contributed by atoms with Crippen molar-refractivity contribution in [3.8, 4) is 11.5 Å². The molecular formula is C18H26ClN3O4. The van der Waals surface area contributed by atoms with E-state index in [0.29, 0.717) is 35.3 Å². The first-order valence-corrected chi connectivity index (χ1v) is 9.07. The molecule has 1 aromatic rings. The molecule has 0 bridgehead atoms. The van der Waals surface area contributed by atoms with E-state index in [1.807, 2.05) is 11.8 Å². The minimum Gasteiger partial charge on any atom is -0.495 e. The number of ether oxygens (including phenoxy) is 2. The van der Waals surface area contributed by atoms with Crippen LogP contribution in [0.5, 0.6) is 11.5 Å². The number of piperidine rings is 1. The quantitative estimate of drug-likeness (QED) is 0.754. The van der Waals surface area contributed by atoms with Gasteiger partial charge in [0.05, 0.1) is 37.4 Å². The highest BCUT2D eigenvalue weighted by Crippen LogP contribution is 2.35. The molecule has 144 valence electrons. The van der Waals surface area contributed by atoms with Gasteiger partial charge in [0.2, 0.25) is 11.8 Å². The van der Waals surface area contributed by atoms with E-state index in [1.165, 1.54) is 14.2 Å². The molecule has 0 saturated carbocycles. The summed E-state index contributed by atoms with van der Waals surface area (Å²) in [5, 5.41) is 6.09. The number of likely N-dealkylation sites (tertiary alicyclic amines) is 1. The normalized spacial score (nSPS) is 17.5. The maximum absolute atomic E-state index is 12.5. The summed E-state index contributed by atoms with van der Waals surface area (Å²) >= 11 is 6.08. The van der Waals surface area contributed by atoms with Crippen LogP contribution in [-0.2, 0) is 9.59 Å². The summed E-state index contributed by atoms with van der Waals surface area (Å²) in [6.45, 7) is 4.11. The molecule has 1 atom stereocenters. The SMILES string of the molecule is CCNC(=O)C1CCCN(CC(=O)Nc2cc(OC)c(Cl)cc2OC)C1. The van der Waals surface area contributed by atoms with Crippen LogP contribution < -0.4 is 20.1 Å². The van der Waals surface area contributed by atoms with Gasteiger partial charge in [0.25, 0.3) is 0 Å². The van der Waals surface area contributed by atoms with Gasteiger partial charge in [0, 0.05) is 25.2 Å². The lowest BCUT2D eigenvalue weighted by atomic mass is 9.97. The predicted molar refractivity (Wildman–Crippen MR) is 101 cm³/mol. The molecule has 0 spiro atoms. The lowest BCUT2D eigenvalue weighted by Crippen LogP contribution is -2.45. The number of methoxy groups -OCH3 is 2. The van der Waals surface area contributed by atoms with E-state index >= 15 is 0 Å². The number of rotatable bonds is 7. The van der Waals surface area contributed by atoms with Crippen molar-refractivity contribution in [1.82, 2.24) is 10.2 Å². The number of nitrogens with zero attached hydrogens (tertiary/aromatic N) is 1. The minimum atomic E-state index is -0.177. The molecule has 8 heteroatoms. The zero-order valence-corrected chi connectivity index (χ0v) is 16.2. The summed E-state index contributed by atoms with van der Waals surface area (Å²) < 4.78 is 10.5. The van der Waals surface area contributed by atoms with Gasteiger partial charge in [-0.1, -0.05) is 11.6 Å². The lowest BCUT2D eigenvalue weighted by Gasteiger charge is -2.31. The second-order valence-electron chi connectivity index (χ2n) is 6.20. The standard InChI is InChI=1S/C18H26ClN3O4/c1-4-20-18(24)12-6-5-7-22(10-12)11-17(23)21-14-9-15(25-2)13(19)8-16(14)26-3/h8-9,12H,4-7,10-11H2,1-3H3,(H,20,24)(H,21,23). The summed E-state index contributed by atoms with van der Waals surface area (Å²) in [5.74, 6) is 0.729. The fourth-order valence-electron chi connectivity index (χ4n) is 3.08. The topological polar surface area (TPSA) is 79.9 Å². The largest absolute Gasteiger partial charge is 0.495 e. The smallest absolute Gasteiger partial charge is 0.238 e. The monoisotopic (exact) mass is 383 g/mol. The number of hydrogen-bond acceptors (Lipinski definition) is 5. The Morgan fingerprint density at radius 3 is 2.65 bits per heavy atom. The van der Waals surface area contributed by atoms with E-state index in [1.54, 1.807) is 12.1 Å². The second kappa shape index (κ2) is 9.64. The van der Waals surface area contributed by atoms with Crippen molar-refractivity contribution in [2.75, 3.05) is 45.7 Å². The first-order valence-electron chi connectivity index (χ1n) is 8.69. The molecular weight excluding hydrogens is 358 g/mol. The number of carbonyl (C=O) groups is 2. The van der Waals surface area contributed by atoms with Crippen molar-refractivity contribution in [2.24, 2.45) is 5.92 Å². The molecule has 1 saturated heterocycles. The lowest BCUT2D eigenvalue weighted by molar-refractivity contribution is -0.127. The summed E-state index contributed by atoms with van der Waals surface area (Å²) in [6, 6.07) is 3.23. The van der Waals surface area contributed by atoms with E-state index in [4.69, 9.17) is 21.1 Å². The Labute approximate surface area is 159 Å². The zero-order chi connectivity index (χ0) is 19.1. The highest BCUT2D eigenvalue weighted by atomic mass is 35.5. The number of amides is 2. The average molecular weight is 384 g/mol. The van der Waals surface area contributed by atoms with Crippen molar-refractivity contribution >= 4 is 29.1 Å². The van der Waals surface area contributed by atoms with E-state index in [2.05, 4.69) is 10.6 Å². The molecule has 1 heterocycles. The Balaban J connectivity index is 1.99. The van der Waals surface area contributed by atoms with Gasteiger partial charge >= 0.3 is 0 Å². The van der Waals surface area contributed by atoms with E-state index < -0.39 is 0 Å². The maximum atomic E-state index is 12.5. The van der Waals surface area contributed by atoms with Crippen LogP contribution in [0.2, 0.25) is 5.02 Å². The van der Waals surface area contributed by atoms with E-state index in [9.17, 15) is 9.59 Å². The van der Waals surface area contributed by atoms with Crippen LogP contribution in [0.3, 0.4) is 0 Å². The van der Waals surface area contributed by atoms with Crippen LogP contribution in [0.25, 0.3) is 0 Å². The van der Waals surface area contributed by atoms with E-state index in [-0.39, 0.29) is 24.3 Å². The predicted octanol–water partition coefficient (Wildman–Crippen LogP) is 2.14.